The quantitative estimate of drug-likeness (QED) is 0.601. The van der Waals surface area contributed by atoms with E-state index < -0.39 is 6.10 Å². The van der Waals surface area contributed by atoms with Gasteiger partial charge in [-0.05, 0) is 25.0 Å². The molecule has 0 aromatic heterocycles. The van der Waals surface area contributed by atoms with Gasteiger partial charge in [0.2, 0.25) is 0 Å². The number of hydrogen-bond acceptors (Lipinski definition) is 5. The Bertz CT molecular complexity index is 373. The van der Waals surface area contributed by atoms with Crippen molar-refractivity contribution in [3.05, 3.63) is 24.3 Å². The van der Waals surface area contributed by atoms with Crippen LogP contribution in [-0.4, -0.2) is 49.2 Å². The third-order valence-corrected chi connectivity index (χ3v) is 3.11. The van der Waals surface area contributed by atoms with E-state index >= 15 is 0 Å². The predicted molar refractivity (Wildman–Crippen MR) is 78.3 cm³/mol. The molecule has 2 atom stereocenters. The van der Waals surface area contributed by atoms with Crippen LogP contribution in [-0.2, 0) is 0 Å². The van der Waals surface area contributed by atoms with Crippen molar-refractivity contribution in [2.75, 3.05) is 26.9 Å². The van der Waals surface area contributed by atoms with Gasteiger partial charge in [-0.2, -0.15) is 0 Å². The lowest BCUT2D eigenvalue weighted by Gasteiger charge is -2.19. The zero-order valence-electron chi connectivity index (χ0n) is 12.2. The zero-order chi connectivity index (χ0) is 14.8. The molecular formula is C15H25NO4. The molecule has 1 rings (SSSR count). The third-order valence-electron chi connectivity index (χ3n) is 3.11. The van der Waals surface area contributed by atoms with Crippen molar-refractivity contribution in [2.24, 2.45) is 0 Å². The first-order valence-corrected chi connectivity index (χ1v) is 6.99. The topological polar surface area (TPSA) is 71.0 Å². The van der Waals surface area contributed by atoms with Crippen LogP contribution in [0.25, 0.3) is 0 Å². The largest absolute Gasteiger partial charge is 0.493 e. The average Bonchev–Trinajstić information content (AvgIpc) is 2.49. The molecule has 0 radical (unpaired) electrons. The summed E-state index contributed by atoms with van der Waals surface area (Å²) in [6.45, 7) is 2.83. The van der Waals surface area contributed by atoms with Gasteiger partial charge in [0.05, 0.1) is 7.11 Å². The second-order valence-electron chi connectivity index (χ2n) is 4.64. The number of methoxy groups -OCH3 is 1. The van der Waals surface area contributed by atoms with E-state index in [0.29, 0.717) is 24.5 Å². The molecule has 1 aromatic carbocycles. The Hall–Kier alpha value is -1.30. The molecule has 1 aromatic rings. The maximum atomic E-state index is 9.90. The molecule has 0 bridgehead atoms. The molecule has 3 N–H and O–H groups in total. The summed E-state index contributed by atoms with van der Waals surface area (Å²) in [6.07, 6.45) is 1.00. The van der Waals surface area contributed by atoms with Gasteiger partial charge < -0.3 is 25.0 Å². The molecule has 0 saturated heterocycles. The van der Waals surface area contributed by atoms with Crippen LogP contribution in [0, 0.1) is 0 Å². The van der Waals surface area contributed by atoms with E-state index in [1.54, 1.807) is 13.2 Å². The fourth-order valence-electron chi connectivity index (χ4n) is 1.89. The van der Waals surface area contributed by atoms with Crippen LogP contribution in [0.3, 0.4) is 0 Å². The molecule has 0 aliphatic heterocycles. The normalized spacial score (nSPS) is 13.8. The Morgan fingerprint density at radius 2 is 1.95 bits per heavy atom. The van der Waals surface area contributed by atoms with Crippen molar-refractivity contribution in [3.8, 4) is 11.5 Å². The molecule has 0 spiro atoms. The van der Waals surface area contributed by atoms with Gasteiger partial charge in [0, 0.05) is 19.2 Å². The van der Waals surface area contributed by atoms with E-state index in [2.05, 4.69) is 5.32 Å². The number of nitrogens with one attached hydrogen (secondary N) is 1. The van der Waals surface area contributed by atoms with Crippen molar-refractivity contribution < 1.29 is 19.7 Å². The van der Waals surface area contributed by atoms with Crippen LogP contribution in [0.15, 0.2) is 24.3 Å². The summed E-state index contributed by atoms with van der Waals surface area (Å²) < 4.78 is 10.7. The summed E-state index contributed by atoms with van der Waals surface area (Å²) in [5, 5.41) is 22.0. The van der Waals surface area contributed by atoms with Crippen LogP contribution in [0.2, 0.25) is 0 Å². The summed E-state index contributed by atoms with van der Waals surface area (Å²) in [6, 6.07) is 7.57. The van der Waals surface area contributed by atoms with Gasteiger partial charge in [-0.15, -0.1) is 0 Å². The average molecular weight is 283 g/mol. The van der Waals surface area contributed by atoms with E-state index in [1.807, 2.05) is 25.1 Å². The van der Waals surface area contributed by atoms with Crippen LogP contribution < -0.4 is 14.8 Å². The minimum atomic E-state index is -0.604. The SMILES string of the molecule is CCC(CCO)NCC(O)COc1ccccc1OC. The van der Waals surface area contributed by atoms with Crippen molar-refractivity contribution in [1.82, 2.24) is 5.32 Å². The molecule has 5 heteroatoms. The maximum Gasteiger partial charge on any atom is 0.161 e. The Kier molecular flexibility index (Phi) is 8.02. The van der Waals surface area contributed by atoms with Crippen LogP contribution in [0.4, 0.5) is 0 Å². The van der Waals surface area contributed by atoms with E-state index in [4.69, 9.17) is 14.6 Å². The number of ether oxygens (including phenoxy) is 2. The second kappa shape index (κ2) is 9.58. The highest BCUT2D eigenvalue weighted by Crippen LogP contribution is 2.25. The van der Waals surface area contributed by atoms with E-state index in [-0.39, 0.29) is 19.3 Å². The van der Waals surface area contributed by atoms with Crippen molar-refractivity contribution >= 4 is 0 Å². The lowest BCUT2D eigenvalue weighted by Crippen LogP contribution is -2.38. The number of para-hydroxylation sites is 2. The standard InChI is InChI=1S/C15H25NO4/c1-3-12(8-9-17)16-10-13(18)11-20-15-7-5-4-6-14(15)19-2/h4-7,12-13,16-18H,3,8-11H2,1-2H3. The fraction of sp³-hybridized carbons (Fsp3) is 0.600. The molecular weight excluding hydrogens is 258 g/mol. The van der Waals surface area contributed by atoms with Gasteiger partial charge in [0.25, 0.3) is 0 Å². The summed E-state index contributed by atoms with van der Waals surface area (Å²) in [5.41, 5.74) is 0. The minimum Gasteiger partial charge on any atom is -0.493 e. The van der Waals surface area contributed by atoms with E-state index in [0.717, 1.165) is 6.42 Å². The molecule has 0 aliphatic carbocycles. The van der Waals surface area contributed by atoms with Gasteiger partial charge >= 0.3 is 0 Å². The van der Waals surface area contributed by atoms with Gasteiger partial charge in [-0.3, -0.25) is 0 Å². The molecule has 0 saturated carbocycles. The fourth-order valence-corrected chi connectivity index (χ4v) is 1.89. The van der Waals surface area contributed by atoms with Crippen molar-refractivity contribution in [3.63, 3.8) is 0 Å². The van der Waals surface area contributed by atoms with Gasteiger partial charge in [-0.25, -0.2) is 0 Å². The van der Waals surface area contributed by atoms with E-state index in [1.165, 1.54) is 0 Å². The third kappa shape index (κ3) is 5.77. The molecule has 2 unspecified atom stereocenters. The molecule has 20 heavy (non-hydrogen) atoms. The Morgan fingerprint density at radius 1 is 1.25 bits per heavy atom. The predicted octanol–water partition coefficient (Wildman–Crippen LogP) is 1.19. The van der Waals surface area contributed by atoms with Crippen molar-refractivity contribution in [2.45, 2.75) is 31.9 Å². The Morgan fingerprint density at radius 3 is 2.55 bits per heavy atom. The molecule has 0 aliphatic rings. The Balaban J connectivity index is 2.33. The first-order valence-electron chi connectivity index (χ1n) is 6.99. The van der Waals surface area contributed by atoms with Gasteiger partial charge in [0.1, 0.15) is 12.7 Å². The molecule has 114 valence electrons. The lowest BCUT2D eigenvalue weighted by atomic mass is 10.1. The first kappa shape index (κ1) is 16.8. The number of aliphatic hydroxyl groups excluding tert-OH is 2. The molecule has 0 heterocycles. The monoisotopic (exact) mass is 283 g/mol. The van der Waals surface area contributed by atoms with Crippen LogP contribution in [0.1, 0.15) is 19.8 Å². The zero-order valence-corrected chi connectivity index (χ0v) is 12.2. The van der Waals surface area contributed by atoms with Gasteiger partial charge in [0.15, 0.2) is 11.5 Å². The maximum absolute atomic E-state index is 9.90. The Labute approximate surface area is 120 Å². The summed E-state index contributed by atoms with van der Waals surface area (Å²) >= 11 is 0. The molecule has 0 amide bonds. The highest BCUT2D eigenvalue weighted by molar-refractivity contribution is 5.39. The number of rotatable bonds is 10. The van der Waals surface area contributed by atoms with Gasteiger partial charge in [-0.1, -0.05) is 19.1 Å². The molecule has 5 nitrogen and oxygen atoms in total. The molecule has 0 fully saturated rings. The van der Waals surface area contributed by atoms with E-state index in [9.17, 15) is 5.11 Å². The second-order valence-corrected chi connectivity index (χ2v) is 4.64. The number of benzene rings is 1. The summed E-state index contributed by atoms with van der Waals surface area (Å²) in [4.78, 5) is 0. The van der Waals surface area contributed by atoms with Crippen molar-refractivity contribution in [1.29, 1.82) is 0 Å². The summed E-state index contributed by atoms with van der Waals surface area (Å²) in [5.74, 6) is 1.27. The van der Waals surface area contributed by atoms with Crippen LogP contribution >= 0.6 is 0 Å². The number of hydrogen-bond donors (Lipinski definition) is 3. The lowest BCUT2D eigenvalue weighted by molar-refractivity contribution is 0.100. The highest BCUT2D eigenvalue weighted by Gasteiger charge is 2.11. The minimum absolute atomic E-state index is 0.152. The highest BCUT2D eigenvalue weighted by atomic mass is 16.5. The summed E-state index contributed by atoms with van der Waals surface area (Å²) in [7, 11) is 1.58. The number of aliphatic hydroxyl groups is 2. The smallest absolute Gasteiger partial charge is 0.161 e. The first-order chi connectivity index (χ1) is 9.71. The van der Waals surface area contributed by atoms with Crippen LogP contribution in [0.5, 0.6) is 11.5 Å².